The molecule has 5 heteroatoms. The van der Waals surface area contributed by atoms with Gasteiger partial charge in [0.05, 0.1) is 13.7 Å². The Morgan fingerprint density at radius 3 is 2.58 bits per heavy atom. The maximum absolute atomic E-state index is 5.72. The van der Waals surface area contributed by atoms with Crippen molar-refractivity contribution < 1.29 is 9.47 Å². The van der Waals surface area contributed by atoms with Crippen LogP contribution in [0.2, 0.25) is 0 Å². The van der Waals surface area contributed by atoms with Gasteiger partial charge in [-0.15, -0.1) is 0 Å². The summed E-state index contributed by atoms with van der Waals surface area (Å²) in [5.74, 6) is 1.79. The van der Waals surface area contributed by atoms with Crippen molar-refractivity contribution in [3.63, 3.8) is 0 Å². The van der Waals surface area contributed by atoms with Gasteiger partial charge in [-0.2, -0.15) is 0 Å². The monoisotopic (exact) mass is 333 g/mol. The van der Waals surface area contributed by atoms with Gasteiger partial charge in [0.25, 0.3) is 0 Å². The zero-order valence-electron chi connectivity index (χ0n) is 15.0. The van der Waals surface area contributed by atoms with Gasteiger partial charge in [0.15, 0.2) is 5.96 Å². The van der Waals surface area contributed by atoms with Crippen molar-refractivity contribution in [3.05, 3.63) is 29.8 Å². The number of hydrogen-bond donors (Lipinski definition) is 2. The first-order valence-electron chi connectivity index (χ1n) is 8.99. The van der Waals surface area contributed by atoms with E-state index < -0.39 is 0 Å². The Bertz CT molecular complexity index is 482. The van der Waals surface area contributed by atoms with Crippen LogP contribution < -0.4 is 15.4 Å². The molecule has 0 heterocycles. The van der Waals surface area contributed by atoms with Crippen LogP contribution in [-0.4, -0.2) is 39.3 Å². The fourth-order valence-electron chi connectivity index (χ4n) is 2.93. The fraction of sp³-hybridized carbons (Fsp3) is 0.632. The first-order valence-corrected chi connectivity index (χ1v) is 8.99. The number of rotatable bonds is 8. The first kappa shape index (κ1) is 18.6. The van der Waals surface area contributed by atoms with E-state index in [1.54, 1.807) is 7.11 Å². The van der Waals surface area contributed by atoms with Crippen molar-refractivity contribution >= 4 is 5.96 Å². The highest BCUT2D eigenvalue weighted by atomic mass is 16.5. The molecular weight excluding hydrogens is 302 g/mol. The lowest BCUT2D eigenvalue weighted by atomic mass is 9.96. The molecule has 0 aliphatic heterocycles. The van der Waals surface area contributed by atoms with E-state index in [1.165, 1.54) is 37.7 Å². The minimum absolute atomic E-state index is 0.580. The van der Waals surface area contributed by atoms with E-state index in [0.29, 0.717) is 12.6 Å². The van der Waals surface area contributed by atoms with E-state index >= 15 is 0 Å². The number of guanidine groups is 1. The number of aliphatic imine (C=N–C) groups is 1. The van der Waals surface area contributed by atoms with Crippen molar-refractivity contribution in [2.24, 2.45) is 4.99 Å². The molecule has 1 aromatic carbocycles. The van der Waals surface area contributed by atoms with Gasteiger partial charge in [-0.05, 0) is 37.0 Å². The topological polar surface area (TPSA) is 54.9 Å². The van der Waals surface area contributed by atoms with Crippen LogP contribution in [0, 0.1) is 0 Å². The zero-order chi connectivity index (χ0) is 17.0. The maximum atomic E-state index is 5.72. The summed E-state index contributed by atoms with van der Waals surface area (Å²) in [4.78, 5) is 4.31. The molecule has 1 fully saturated rings. The molecule has 1 aliphatic rings. The van der Waals surface area contributed by atoms with Gasteiger partial charge >= 0.3 is 0 Å². The molecule has 2 N–H and O–H groups in total. The lowest BCUT2D eigenvalue weighted by Gasteiger charge is -2.24. The number of benzene rings is 1. The molecular formula is C19H31N3O2. The largest absolute Gasteiger partial charge is 0.497 e. The Morgan fingerprint density at radius 2 is 1.92 bits per heavy atom. The van der Waals surface area contributed by atoms with Gasteiger partial charge in [0.1, 0.15) is 5.75 Å². The highest BCUT2D eigenvalue weighted by Crippen LogP contribution is 2.17. The molecule has 0 aromatic heterocycles. The predicted octanol–water partition coefficient (Wildman–Crippen LogP) is 3.10. The predicted molar refractivity (Wildman–Crippen MR) is 98.6 cm³/mol. The molecule has 0 unspecified atom stereocenters. The second-order valence-corrected chi connectivity index (χ2v) is 6.23. The molecule has 1 aliphatic carbocycles. The second-order valence-electron chi connectivity index (χ2n) is 6.23. The van der Waals surface area contributed by atoms with Gasteiger partial charge in [-0.1, -0.05) is 31.4 Å². The lowest BCUT2D eigenvalue weighted by molar-refractivity contribution is 0.119. The van der Waals surface area contributed by atoms with Crippen molar-refractivity contribution in [2.75, 3.05) is 27.3 Å². The van der Waals surface area contributed by atoms with Gasteiger partial charge < -0.3 is 20.1 Å². The molecule has 1 aromatic rings. The Kier molecular flexibility index (Phi) is 8.46. The first-order chi connectivity index (χ1) is 11.8. The Balaban J connectivity index is 1.54. The minimum atomic E-state index is 0.580. The number of ether oxygens (including phenoxy) is 2. The molecule has 134 valence electrons. The van der Waals surface area contributed by atoms with Crippen molar-refractivity contribution in [1.29, 1.82) is 0 Å². The molecule has 0 bridgehead atoms. The van der Waals surface area contributed by atoms with Crippen LogP contribution in [0.5, 0.6) is 5.75 Å². The normalized spacial score (nSPS) is 16.0. The third-order valence-corrected chi connectivity index (χ3v) is 4.36. The molecule has 24 heavy (non-hydrogen) atoms. The van der Waals surface area contributed by atoms with E-state index in [0.717, 1.165) is 31.3 Å². The molecule has 0 spiro atoms. The van der Waals surface area contributed by atoms with Crippen molar-refractivity contribution in [2.45, 2.75) is 51.2 Å². The van der Waals surface area contributed by atoms with Crippen LogP contribution in [0.3, 0.4) is 0 Å². The minimum Gasteiger partial charge on any atom is -0.497 e. The van der Waals surface area contributed by atoms with E-state index in [4.69, 9.17) is 9.47 Å². The Morgan fingerprint density at radius 1 is 1.17 bits per heavy atom. The summed E-state index contributed by atoms with van der Waals surface area (Å²) >= 11 is 0. The van der Waals surface area contributed by atoms with Crippen LogP contribution in [0.1, 0.15) is 44.1 Å². The molecule has 0 atom stereocenters. The van der Waals surface area contributed by atoms with Crippen molar-refractivity contribution in [1.82, 2.24) is 10.6 Å². The lowest BCUT2D eigenvalue weighted by Crippen LogP contribution is -2.44. The molecule has 2 rings (SSSR count). The summed E-state index contributed by atoms with van der Waals surface area (Å²) < 4.78 is 10.9. The summed E-state index contributed by atoms with van der Waals surface area (Å²) in [5, 5.41) is 6.89. The maximum Gasteiger partial charge on any atom is 0.191 e. The van der Waals surface area contributed by atoms with Crippen LogP contribution in [0.4, 0.5) is 0 Å². The average Bonchev–Trinajstić information content (AvgIpc) is 2.64. The van der Waals surface area contributed by atoms with Gasteiger partial charge in [0.2, 0.25) is 0 Å². The van der Waals surface area contributed by atoms with Gasteiger partial charge in [0, 0.05) is 26.2 Å². The third kappa shape index (κ3) is 6.79. The smallest absolute Gasteiger partial charge is 0.191 e. The van der Waals surface area contributed by atoms with Crippen LogP contribution in [-0.2, 0) is 11.3 Å². The van der Waals surface area contributed by atoms with Gasteiger partial charge in [-0.3, -0.25) is 4.99 Å². The Hall–Kier alpha value is -1.75. The zero-order valence-corrected chi connectivity index (χ0v) is 15.0. The Labute approximate surface area is 145 Å². The van der Waals surface area contributed by atoms with Crippen LogP contribution in [0.25, 0.3) is 0 Å². The average molecular weight is 333 g/mol. The number of methoxy groups -OCH3 is 1. The standard InChI is InChI=1S/C19H31N3O2/c1-20-19(22-17-7-4-3-5-8-17)21-13-6-14-24-15-16-9-11-18(23-2)12-10-16/h9-12,17H,3-8,13-15H2,1-2H3,(H2,20,21,22). The summed E-state index contributed by atoms with van der Waals surface area (Å²) in [6, 6.07) is 8.57. The van der Waals surface area contributed by atoms with Crippen LogP contribution >= 0.6 is 0 Å². The SMILES string of the molecule is CN=C(NCCCOCc1ccc(OC)cc1)NC1CCCCC1. The second kappa shape index (κ2) is 10.9. The van der Waals surface area contributed by atoms with Crippen LogP contribution in [0.15, 0.2) is 29.3 Å². The number of nitrogens with zero attached hydrogens (tertiary/aromatic N) is 1. The summed E-state index contributed by atoms with van der Waals surface area (Å²) in [5.41, 5.74) is 1.17. The van der Waals surface area contributed by atoms with Gasteiger partial charge in [-0.25, -0.2) is 0 Å². The number of nitrogens with one attached hydrogen (secondary N) is 2. The van der Waals surface area contributed by atoms with E-state index in [1.807, 2.05) is 31.3 Å². The molecule has 5 nitrogen and oxygen atoms in total. The fourth-order valence-corrected chi connectivity index (χ4v) is 2.93. The molecule has 0 radical (unpaired) electrons. The molecule has 0 amide bonds. The summed E-state index contributed by atoms with van der Waals surface area (Å²) in [6.07, 6.45) is 7.50. The molecule has 1 saturated carbocycles. The summed E-state index contributed by atoms with van der Waals surface area (Å²) in [7, 11) is 3.51. The summed E-state index contributed by atoms with van der Waals surface area (Å²) in [6.45, 7) is 2.24. The van der Waals surface area contributed by atoms with E-state index in [-0.39, 0.29) is 0 Å². The quantitative estimate of drug-likeness (QED) is 0.436. The van der Waals surface area contributed by atoms with Crippen molar-refractivity contribution in [3.8, 4) is 5.75 Å². The molecule has 0 saturated heterocycles. The van der Waals surface area contributed by atoms with E-state index in [2.05, 4.69) is 15.6 Å². The highest BCUT2D eigenvalue weighted by Gasteiger charge is 2.13. The van der Waals surface area contributed by atoms with E-state index in [9.17, 15) is 0 Å². The third-order valence-electron chi connectivity index (χ3n) is 4.36. The highest BCUT2D eigenvalue weighted by molar-refractivity contribution is 5.79. The number of hydrogen-bond acceptors (Lipinski definition) is 3.